The first-order valence-electron chi connectivity index (χ1n) is 3.25. The highest BCUT2D eigenvalue weighted by atomic mass is 32.2. The van der Waals surface area contributed by atoms with Crippen LogP contribution >= 0.6 is 0 Å². The lowest BCUT2D eigenvalue weighted by Crippen LogP contribution is -1.99. The van der Waals surface area contributed by atoms with E-state index in [2.05, 4.69) is 4.18 Å². The summed E-state index contributed by atoms with van der Waals surface area (Å²) in [7, 11) is 0. The van der Waals surface area contributed by atoms with Gasteiger partial charge >= 0.3 is 11.4 Å². The van der Waals surface area contributed by atoms with E-state index in [1.807, 2.05) is 0 Å². The average Bonchev–Trinajstić information content (AvgIpc) is 1.94. The average molecular weight is 187 g/mol. The minimum absolute atomic E-state index is 0.366. The van der Waals surface area contributed by atoms with Crippen LogP contribution in [0.3, 0.4) is 0 Å². The molecule has 0 saturated carbocycles. The highest BCUT2D eigenvalue weighted by molar-refractivity contribution is 7.74. The summed E-state index contributed by atoms with van der Waals surface area (Å²) >= 11 is -2.27. The van der Waals surface area contributed by atoms with Gasteiger partial charge in [-0.3, -0.25) is 4.55 Å². The summed E-state index contributed by atoms with van der Waals surface area (Å²) in [5.74, 6) is 0.366. The molecule has 0 aliphatic carbocycles. The maximum Gasteiger partial charge on any atom is 0.357 e. The fourth-order valence-corrected chi connectivity index (χ4v) is 1.18. The van der Waals surface area contributed by atoms with Gasteiger partial charge in [-0.2, -0.15) is 4.21 Å². The zero-order valence-electron chi connectivity index (χ0n) is 6.48. The Labute approximate surface area is 72.8 Å². The van der Waals surface area contributed by atoms with Crippen LogP contribution in [0, 0.1) is 6.92 Å². The van der Waals surface area contributed by atoms with Gasteiger partial charge in [-0.05, 0) is 30.7 Å². The number of benzene rings is 1. The molecule has 0 fully saturated rings. The summed E-state index contributed by atoms with van der Waals surface area (Å²) < 4.78 is 23.3. The van der Waals surface area contributed by atoms with Crippen LogP contribution in [-0.4, -0.2) is 8.76 Å². The maximum atomic E-state index is 10.3. The lowest BCUT2D eigenvalue weighted by Gasteiger charge is -2.03. The van der Waals surface area contributed by atoms with Crippen molar-refractivity contribution in [3.05, 3.63) is 23.8 Å². The predicted octanol–water partition coefficient (Wildman–Crippen LogP) is 1.09. The summed E-state index contributed by atoms with van der Waals surface area (Å²) in [5, 5.41) is 0. The molecule has 0 saturated heterocycles. The molecule has 0 amide bonds. The van der Waals surface area contributed by atoms with Gasteiger partial charge in [0.25, 0.3) is 0 Å². The Morgan fingerprint density at radius 3 is 2.75 bits per heavy atom. The van der Waals surface area contributed by atoms with E-state index in [9.17, 15) is 4.21 Å². The zero-order valence-corrected chi connectivity index (χ0v) is 7.30. The van der Waals surface area contributed by atoms with Crippen molar-refractivity contribution in [2.45, 2.75) is 6.92 Å². The smallest absolute Gasteiger partial charge is 0.357 e. The number of rotatable bonds is 2. The van der Waals surface area contributed by atoms with Gasteiger partial charge in [0.15, 0.2) is 0 Å². The lowest BCUT2D eigenvalue weighted by atomic mass is 10.2. The van der Waals surface area contributed by atoms with Crippen molar-refractivity contribution < 1.29 is 12.9 Å². The number of aryl methyl sites for hydroxylation is 1. The molecule has 1 aromatic carbocycles. The maximum absolute atomic E-state index is 10.3. The highest BCUT2D eigenvalue weighted by Crippen LogP contribution is 2.20. The first-order valence-corrected chi connectivity index (χ1v) is 4.28. The van der Waals surface area contributed by atoms with Crippen LogP contribution in [0.2, 0.25) is 0 Å². The molecule has 1 unspecified atom stereocenters. The minimum atomic E-state index is -2.27. The quantitative estimate of drug-likeness (QED) is 0.537. The van der Waals surface area contributed by atoms with Crippen LogP contribution in [0.4, 0.5) is 5.69 Å². The molecule has 1 atom stereocenters. The van der Waals surface area contributed by atoms with Crippen molar-refractivity contribution in [3.8, 4) is 5.75 Å². The Bertz CT molecular complexity index is 314. The van der Waals surface area contributed by atoms with Gasteiger partial charge in [0.05, 0.1) is 0 Å². The molecular weight excluding hydrogens is 178 g/mol. The zero-order chi connectivity index (χ0) is 9.14. The van der Waals surface area contributed by atoms with Crippen molar-refractivity contribution in [2.24, 2.45) is 0 Å². The Hall–Kier alpha value is -1.07. The second-order valence-corrected chi connectivity index (χ2v) is 2.93. The van der Waals surface area contributed by atoms with Crippen molar-refractivity contribution in [2.75, 3.05) is 5.73 Å². The van der Waals surface area contributed by atoms with Crippen LogP contribution in [-0.2, 0) is 11.4 Å². The Morgan fingerprint density at radius 2 is 2.25 bits per heavy atom. The molecule has 0 spiro atoms. The molecule has 5 heteroatoms. The number of hydrogen-bond acceptors (Lipinski definition) is 3. The van der Waals surface area contributed by atoms with Gasteiger partial charge in [-0.25, -0.2) is 0 Å². The van der Waals surface area contributed by atoms with E-state index >= 15 is 0 Å². The van der Waals surface area contributed by atoms with Gasteiger partial charge < -0.3 is 9.92 Å². The second-order valence-electron chi connectivity index (χ2n) is 2.33. The Morgan fingerprint density at radius 1 is 1.58 bits per heavy atom. The fraction of sp³-hybridized carbons (Fsp3) is 0.143. The molecule has 4 nitrogen and oxygen atoms in total. The summed E-state index contributed by atoms with van der Waals surface area (Å²) in [6, 6.07) is 4.83. The number of anilines is 1. The second kappa shape index (κ2) is 3.55. The van der Waals surface area contributed by atoms with Gasteiger partial charge in [-0.15, -0.1) is 0 Å². The van der Waals surface area contributed by atoms with Crippen LogP contribution in [0.15, 0.2) is 18.2 Å². The predicted molar refractivity (Wildman–Crippen MR) is 47.0 cm³/mol. The number of nitrogen functional groups attached to an aromatic ring is 1. The summed E-state index contributed by atoms with van der Waals surface area (Å²) in [5.41, 5.74) is 6.80. The molecule has 0 radical (unpaired) electrons. The molecule has 0 aliphatic heterocycles. The van der Waals surface area contributed by atoms with Crippen molar-refractivity contribution in [3.63, 3.8) is 0 Å². The van der Waals surface area contributed by atoms with E-state index in [1.54, 1.807) is 25.1 Å². The fourth-order valence-electron chi connectivity index (χ4n) is 0.843. The molecule has 66 valence electrons. The van der Waals surface area contributed by atoms with Crippen LogP contribution < -0.4 is 9.92 Å². The monoisotopic (exact) mass is 187 g/mol. The van der Waals surface area contributed by atoms with E-state index in [0.717, 1.165) is 5.56 Å². The third kappa shape index (κ3) is 2.21. The van der Waals surface area contributed by atoms with Crippen LogP contribution in [0.25, 0.3) is 0 Å². The van der Waals surface area contributed by atoms with Gasteiger partial charge in [0.1, 0.15) is 5.75 Å². The summed E-state index contributed by atoms with van der Waals surface area (Å²) in [6.45, 7) is 1.75. The highest BCUT2D eigenvalue weighted by Gasteiger charge is 2.02. The van der Waals surface area contributed by atoms with Gasteiger partial charge in [0.2, 0.25) is 0 Å². The molecule has 1 aromatic rings. The molecule has 0 aromatic heterocycles. The standard InChI is InChI=1S/C7H9NO3S/c1-5-4-6(8)2-3-7(5)11-12(9)10/h2-4H,8H2,1H3,(H,9,10). The first-order chi connectivity index (χ1) is 5.59. The lowest BCUT2D eigenvalue weighted by molar-refractivity contribution is 0.456. The molecule has 12 heavy (non-hydrogen) atoms. The van der Waals surface area contributed by atoms with Crippen molar-refractivity contribution in [1.29, 1.82) is 0 Å². The van der Waals surface area contributed by atoms with Crippen molar-refractivity contribution in [1.82, 2.24) is 0 Å². The molecule has 0 aliphatic rings. The molecule has 0 heterocycles. The topological polar surface area (TPSA) is 72.5 Å². The number of hydrogen-bond donors (Lipinski definition) is 2. The summed E-state index contributed by atoms with van der Waals surface area (Å²) in [4.78, 5) is 0. The van der Waals surface area contributed by atoms with E-state index in [-0.39, 0.29) is 0 Å². The Balaban J connectivity index is 2.93. The normalized spacial score (nSPS) is 12.5. The molecule has 0 bridgehead atoms. The van der Waals surface area contributed by atoms with E-state index in [1.165, 1.54) is 0 Å². The molecule has 1 rings (SSSR count). The SMILES string of the molecule is Cc1cc(N)ccc1OS(=O)O. The molecule has 3 N–H and O–H groups in total. The number of nitrogens with two attached hydrogens (primary N) is 1. The van der Waals surface area contributed by atoms with Crippen molar-refractivity contribution >= 4 is 17.0 Å². The van der Waals surface area contributed by atoms with E-state index < -0.39 is 11.4 Å². The van der Waals surface area contributed by atoms with Crippen LogP contribution in [0.1, 0.15) is 5.56 Å². The Kier molecular flexibility index (Phi) is 2.67. The van der Waals surface area contributed by atoms with Gasteiger partial charge in [-0.1, -0.05) is 0 Å². The minimum Gasteiger partial charge on any atom is -0.399 e. The van der Waals surface area contributed by atoms with E-state index in [0.29, 0.717) is 11.4 Å². The third-order valence-corrected chi connectivity index (χ3v) is 1.68. The largest absolute Gasteiger partial charge is 0.399 e. The summed E-state index contributed by atoms with van der Waals surface area (Å²) in [6.07, 6.45) is 0. The van der Waals surface area contributed by atoms with Crippen LogP contribution in [0.5, 0.6) is 5.75 Å². The third-order valence-electron chi connectivity index (χ3n) is 1.36. The van der Waals surface area contributed by atoms with E-state index in [4.69, 9.17) is 10.3 Å². The van der Waals surface area contributed by atoms with Gasteiger partial charge in [0, 0.05) is 5.69 Å². The molecular formula is C7H9NO3S. The first kappa shape index (κ1) is 9.02.